The summed E-state index contributed by atoms with van der Waals surface area (Å²) >= 11 is 0. The topological polar surface area (TPSA) is 79.9 Å². The van der Waals surface area contributed by atoms with Gasteiger partial charge in [0.2, 0.25) is 5.88 Å². The van der Waals surface area contributed by atoms with Gasteiger partial charge in [0.15, 0.2) is 0 Å². The SMILES string of the molecule is O=C(Nc1ccc(Oc2ncccc2-c2cn[nH]c2)cc1)c1cccc(C(F)(F)F)c1. The average Bonchev–Trinajstić information content (AvgIpc) is 3.30. The first-order chi connectivity index (χ1) is 14.9. The molecule has 31 heavy (non-hydrogen) atoms. The molecular formula is C22H15F3N4O2. The van der Waals surface area contributed by atoms with Gasteiger partial charge < -0.3 is 10.1 Å². The van der Waals surface area contributed by atoms with Gasteiger partial charge in [0, 0.05) is 34.8 Å². The fourth-order valence-corrected chi connectivity index (χ4v) is 2.85. The van der Waals surface area contributed by atoms with E-state index in [2.05, 4.69) is 20.5 Å². The molecule has 0 aliphatic rings. The monoisotopic (exact) mass is 424 g/mol. The molecule has 0 saturated carbocycles. The zero-order chi connectivity index (χ0) is 21.8. The summed E-state index contributed by atoms with van der Waals surface area (Å²) < 4.78 is 44.4. The van der Waals surface area contributed by atoms with Crippen LogP contribution in [0.2, 0.25) is 0 Å². The molecular weight excluding hydrogens is 409 g/mol. The number of carbonyl (C=O) groups is 1. The summed E-state index contributed by atoms with van der Waals surface area (Å²) in [6.07, 6.45) is 0.450. The quantitative estimate of drug-likeness (QED) is 0.441. The summed E-state index contributed by atoms with van der Waals surface area (Å²) in [6.45, 7) is 0. The van der Waals surface area contributed by atoms with Crippen LogP contribution in [0.15, 0.2) is 79.3 Å². The molecule has 4 aromatic rings. The van der Waals surface area contributed by atoms with Crippen molar-refractivity contribution >= 4 is 11.6 Å². The van der Waals surface area contributed by atoms with E-state index in [0.717, 1.165) is 23.3 Å². The van der Waals surface area contributed by atoms with Crippen LogP contribution in [0.25, 0.3) is 11.1 Å². The number of nitrogens with one attached hydrogen (secondary N) is 2. The van der Waals surface area contributed by atoms with Gasteiger partial charge in [-0.1, -0.05) is 6.07 Å². The van der Waals surface area contributed by atoms with Crippen molar-refractivity contribution in [3.63, 3.8) is 0 Å². The number of halogens is 3. The summed E-state index contributed by atoms with van der Waals surface area (Å²) in [6, 6.07) is 14.3. The number of ether oxygens (including phenoxy) is 1. The van der Waals surface area contributed by atoms with Crippen molar-refractivity contribution in [2.45, 2.75) is 6.18 Å². The highest BCUT2D eigenvalue weighted by Gasteiger charge is 2.30. The number of pyridine rings is 1. The maximum Gasteiger partial charge on any atom is 0.416 e. The van der Waals surface area contributed by atoms with Gasteiger partial charge in [-0.05, 0) is 54.6 Å². The van der Waals surface area contributed by atoms with E-state index in [9.17, 15) is 18.0 Å². The highest BCUT2D eigenvalue weighted by molar-refractivity contribution is 6.04. The van der Waals surface area contributed by atoms with E-state index in [0.29, 0.717) is 17.3 Å². The third kappa shape index (κ3) is 4.72. The van der Waals surface area contributed by atoms with E-state index in [4.69, 9.17) is 4.74 Å². The van der Waals surface area contributed by atoms with Gasteiger partial charge in [0.05, 0.1) is 11.8 Å². The van der Waals surface area contributed by atoms with Gasteiger partial charge in [-0.2, -0.15) is 18.3 Å². The van der Waals surface area contributed by atoms with E-state index in [-0.39, 0.29) is 5.56 Å². The van der Waals surface area contributed by atoms with E-state index in [1.165, 1.54) is 12.1 Å². The van der Waals surface area contributed by atoms with Crippen LogP contribution in [0.4, 0.5) is 18.9 Å². The third-order valence-electron chi connectivity index (χ3n) is 4.36. The summed E-state index contributed by atoms with van der Waals surface area (Å²) in [4.78, 5) is 16.6. The van der Waals surface area contributed by atoms with Crippen LogP contribution in [0, 0.1) is 0 Å². The first-order valence-electron chi connectivity index (χ1n) is 9.11. The summed E-state index contributed by atoms with van der Waals surface area (Å²) in [5, 5.41) is 9.22. The lowest BCUT2D eigenvalue weighted by Crippen LogP contribution is -2.13. The number of rotatable bonds is 5. The summed E-state index contributed by atoms with van der Waals surface area (Å²) in [5.74, 6) is 0.205. The number of aromatic nitrogens is 3. The molecule has 9 heteroatoms. The normalized spacial score (nSPS) is 11.2. The molecule has 6 nitrogen and oxygen atoms in total. The smallest absolute Gasteiger partial charge is 0.416 e. The van der Waals surface area contributed by atoms with Crippen molar-refractivity contribution in [1.82, 2.24) is 15.2 Å². The molecule has 0 aliphatic heterocycles. The minimum absolute atomic E-state index is 0.0895. The number of hydrogen-bond acceptors (Lipinski definition) is 4. The summed E-state index contributed by atoms with van der Waals surface area (Å²) in [7, 11) is 0. The maximum atomic E-state index is 12.8. The van der Waals surface area contributed by atoms with E-state index in [1.807, 2.05) is 6.07 Å². The average molecular weight is 424 g/mol. The zero-order valence-corrected chi connectivity index (χ0v) is 15.9. The standard InChI is InChI=1S/C22H15F3N4O2/c23-22(24,25)16-4-1-3-14(11-16)20(30)29-17-6-8-18(9-7-17)31-21-19(5-2-10-26-21)15-12-27-28-13-15/h1-13H,(H,27,28)(H,29,30). The molecule has 2 N–H and O–H groups in total. The van der Waals surface area contributed by atoms with Crippen molar-refractivity contribution in [3.05, 3.63) is 90.4 Å². The molecule has 0 aliphatic carbocycles. The Morgan fingerprint density at radius 1 is 1.03 bits per heavy atom. The van der Waals surface area contributed by atoms with Gasteiger partial charge in [0.25, 0.3) is 5.91 Å². The van der Waals surface area contributed by atoms with Gasteiger partial charge in [-0.15, -0.1) is 0 Å². The number of benzene rings is 2. The molecule has 0 bridgehead atoms. The molecule has 0 radical (unpaired) electrons. The van der Waals surface area contributed by atoms with Crippen molar-refractivity contribution in [1.29, 1.82) is 0 Å². The minimum atomic E-state index is -4.52. The van der Waals surface area contributed by atoms with Crippen molar-refractivity contribution in [2.24, 2.45) is 0 Å². The third-order valence-corrected chi connectivity index (χ3v) is 4.36. The second-order valence-electron chi connectivity index (χ2n) is 6.50. The largest absolute Gasteiger partial charge is 0.438 e. The number of aromatic amines is 1. The van der Waals surface area contributed by atoms with E-state index >= 15 is 0 Å². The van der Waals surface area contributed by atoms with Crippen LogP contribution in [-0.2, 0) is 6.18 Å². The van der Waals surface area contributed by atoms with Gasteiger partial charge in [-0.25, -0.2) is 4.98 Å². The zero-order valence-electron chi connectivity index (χ0n) is 15.9. The molecule has 0 unspecified atom stereocenters. The van der Waals surface area contributed by atoms with E-state index < -0.39 is 17.6 Å². The van der Waals surface area contributed by atoms with Crippen molar-refractivity contribution in [3.8, 4) is 22.8 Å². The first-order valence-corrected chi connectivity index (χ1v) is 9.11. The maximum absolute atomic E-state index is 12.8. The van der Waals surface area contributed by atoms with E-state index in [1.54, 1.807) is 48.9 Å². The predicted octanol–water partition coefficient (Wildman–Crippen LogP) is 5.54. The van der Waals surface area contributed by atoms with Crippen LogP contribution in [-0.4, -0.2) is 21.1 Å². The number of nitrogens with zero attached hydrogens (tertiary/aromatic N) is 2. The Balaban J connectivity index is 1.47. The molecule has 1 amide bonds. The number of amides is 1. The predicted molar refractivity (Wildman–Crippen MR) is 108 cm³/mol. The molecule has 0 atom stereocenters. The highest BCUT2D eigenvalue weighted by atomic mass is 19.4. The Labute approximate surface area is 174 Å². The van der Waals surface area contributed by atoms with Gasteiger partial charge in [0.1, 0.15) is 5.75 Å². The van der Waals surface area contributed by atoms with Crippen LogP contribution in [0.1, 0.15) is 15.9 Å². The Morgan fingerprint density at radius 3 is 2.55 bits per heavy atom. The van der Waals surface area contributed by atoms with Gasteiger partial charge >= 0.3 is 6.18 Å². The molecule has 2 heterocycles. The molecule has 0 fully saturated rings. The number of alkyl halides is 3. The Bertz CT molecular complexity index is 1190. The molecule has 2 aromatic carbocycles. The highest BCUT2D eigenvalue weighted by Crippen LogP contribution is 2.32. The number of carbonyl (C=O) groups excluding carboxylic acids is 1. The number of hydrogen-bond donors (Lipinski definition) is 2. The Morgan fingerprint density at radius 2 is 1.84 bits per heavy atom. The van der Waals surface area contributed by atoms with Crippen LogP contribution < -0.4 is 10.1 Å². The molecule has 2 aromatic heterocycles. The van der Waals surface area contributed by atoms with Gasteiger partial charge in [-0.3, -0.25) is 9.89 Å². The fourth-order valence-electron chi connectivity index (χ4n) is 2.85. The lowest BCUT2D eigenvalue weighted by molar-refractivity contribution is -0.137. The molecule has 156 valence electrons. The molecule has 4 rings (SSSR count). The minimum Gasteiger partial charge on any atom is -0.438 e. The Hall–Kier alpha value is -4.14. The van der Waals surface area contributed by atoms with Crippen molar-refractivity contribution in [2.75, 3.05) is 5.32 Å². The second-order valence-corrected chi connectivity index (χ2v) is 6.50. The number of anilines is 1. The second kappa shape index (κ2) is 8.31. The first kappa shape index (κ1) is 20.1. The lowest BCUT2D eigenvalue weighted by atomic mass is 10.1. The van der Waals surface area contributed by atoms with Crippen LogP contribution in [0.5, 0.6) is 11.6 Å². The Kier molecular flexibility index (Phi) is 5.40. The van der Waals surface area contributed by atoms with Crippen molar-refractivity contribution < 1.29 is 22.7 Å². The van der Waals surface area contributed by atoms with Crippen LogP contribution in [0.3, 0.4) is 0 Å². The fraction of sp³-hybridized carbons (Fsp3) is 0.0455. The summed E-state index contributed by atoms with van der Waals surface area (Å²) in [5.41, 5.74) is 0.998. The molecule has 0 spiro atoms. The lowest BCUT2D eigenvalue weighted by Gasteiger charge is -2.11. The molecule has 0 saturated heterocycles. The van der Waals surface area contributed by atoms with Crippen LogP contribution >= 0.6 is 0 Å². The number of H-pyrrole nitrogens is 1.